The fourth-order valence-corrected chi connectivity index (χ4v) is 4.33. The van der Waals surface area contributed by atoms with Crippen molar-refractivity contribution in [2.24, 2.45) is 0 Å². The highest BCUT2D eigenvalue weighted by molar-refractivity contribution is 5.94. The minimum absolute atomic E-state index is 0.0135. The van der Waals surface area contributed by atoms with E-state index in [1.807, 2.05) is 17.2 Å². The van der Waals surface area contributed by atoms with Gasteiger partial charge in [-0.2, -0.15) is 0 Å². The Bertz CT molecular complexity index is 871. The fourth-order valence-electron chi connectivity index (χ4n) is 4.33. The zero-order valence-corrected chi connectivity index (χ0v) is 15.7. The summed E-state index contributed by atoms with van der Waals surface area (Å²) in [5.74, 6) is 0.764. The van der Waals surface area contributed by atoms with Gasteiger partial charge in [0.1, 0.15) is 0 Å². The first-order chi connectivity index (χ1) is 13.8. The molecule has 1 atom stereocenters. The van der Waals surface area contributed by atoms with Crippen molar-refractivity contribution >= 4 is 11.9 Å². The van der Waals surface area contributed by atoms with Crippen LogP contribution in [0.3, 0.4) is 0 Å². The zero-order chi connectivity index (χ0) is 19.0. The highest BCUT2D eigenvalue weighted by Gasteiger charge is 2.46. The second-order valence-electron chi connectivity index (χ2n) is 7.63. The maximum Gasteiger partial charge on any atom is 0.255 e. The average molecular weight is 381 g/mol. The third-order valence-electron chi connectivity index (χ3n) is 5.83. The number of amides is 1. The molecule has 1 spiro atoms. The highest BCUT2D eigenvalue weighted by atomic mass is 16.5. The molecular weight excluding hydrogens is 358 g/mol. The van der Waals surface area contributed by atoms with Crippen molar-refractivity contribution in [3.63, 3.8) is 0 Å². The van der Waals surface area contributed by atoms with Crippen molar-refractivity contribution in [3.05, 3.63) is 47.5 Å². The number of likely N-dealkylation sites (tertiary alicyclic amines) is 1. The summed E-state index contributed by atoms with van der Waals surface area (Å²) >= 11 is 0. The predicted molar refractivity (Wildman–Crippen MR) is 101 cm³/mol. The van der Waals surface area contributed by atoms with Crippen molar-refractivity contribution in [2.45, 2.75) is 18.4 Å². The average Bonchev–Trinajstić information content (AvgIpc) is 3.19. The van der Waals surface area contributed by atoms with Crippen LogP contribution < -0.4 is 4.90 Å². The maximum atomic E-state index is 12.9. The molecule has 2 saturated heterocycles. The molecule has 1 amide bonds. The third kappa shape index (κ3) is 3.02. The van der Waals surface area contributed by atoms with E-state index in [9.17, 15) is 4.79 Å². The lowest BCUT2D eigenvalue weighted by Crippen LogP contribution is -2.43. The zero-order valence-electron chi connectivity index (χ0n) is 15.7. The number of carbonyl (C=O) groups is 1. The first kappa shape index (κ1) is 17.5. The number of fused-ring (bicyclic) bond motifs is 2. The van der Waals surface area contributed by atoms with E-state index < -0.39 is 0 Å². The predicted octanol–water partition coefficient (Wildman–Crippen LogP) is 1.02. The van der Waals surface area contributed by atoms with Gasteiger partial charge in [0, 0.05) is 50.3 Å². The smallest absolute Gasteiger partial charge is 0.255 e. The van der Waals surface area contributed by atoms with Gasteiger partial charge in [0.05, 0.1) is 43.1 Å². The molecular formula is C20H23N5O3. The molecule has 2 aromatic rings. The van der Waals surface area contributed by atoms with Gasteiger partial charge in [-0.15, -0.1) is 0 Å². The van der Waals surface area contributed by atoms with Crippen LogP contribution in [-0.4, -0.2) is 71.8 Å². The summed E-state index contributed by atoms with van der Waals surface area (Å²) in [5, 5.41) is 0. The summed E-state index contributed by atoms with van der Waals surface area (Å²) in [6.07, 6.45) is 6.03. The molecule has 0 N–H and O–H groups in total. The van der Waals surface area contributed by atoms with E-state index in [-0.39, 0.29) is 11.3 Å². The molecule has 3 aliphatic heterocycles. The molecule has 5 rings (SSSR count). The van der Waals surface area contributed by atoms with Crippen LogP contribution in [0.2, 0.25) is 0 Å². The van der Waals surface area contributed by atoms with Crippen molar-refractivity contribution < 1.29 is 14.3 Å². The van der Waals surface area contributed by atoms with Gasteiger partial charge in [-0.05, 0) is 18.6 Å². The lowest BCUT2D eigenvalue weighted by Gasteiger charge is -2.35. The summed E-state index contributed by atoms with van der Waals surface area (Å²) in [6.45, 7) is 5.39. The number of ether oxygens (including phenoxy) is 2. The molecule has 28 heavy (non-hydrogen) atoms. The molecule has 3 aliphatic rings. The maximum absolute atomic E-state index is 12.9. The van der Waals surface area contributed by atoms with Crippen LogP contribution in [-0.2, 0) is 21.5 Å². The Morgan fingerprint density at radius 1 is 1.14 bits per heavy atom. The number of pyridine rings is 1. The minimum atomic E-state index is -0.268. The Hall–Kier alpha value is -2.58. The van der Waals surface area contributed by atoms with E-state index >= 15 is 0 Å². The lowest BCUT2D eigenvalue weighted by atomic mass is 9.80. The summed E-state index contributed by atoms with van der Waals surface area (Å²) < 4.78 is 11.3. The molecule has 146 valence electrons. The number of hydrogen-bond donors (Lipinski definition) is 0. The standard InChI is InChI=1S/C20H23N5O3/c26-18(15-2-1-4-21-10-15)25-5-3-20(13-25)14-28-12-16-11-22-19(23-17(16)20)24-6-8-27-9-7-24/h1-2,4,10-11H,3,5-9,12-14H2/t20-/m1/s1. The topological polar surface area (TPSA) is 80.7 Å². The van der Waals surface area contributed by atoms with Gasteiger partial charge < -0.3 is 19.3 Å². The van der Waals surface area contributed by atoms with E-state index in [0.717, 1.165) is 36.7 Å². The number of anilines is 1. The SMILES string of the molecule is O=C(c1cccnc1)N1CC[C@]2(COCc3cnc(N4CCOCC4)nc32)C1. The summed E-state index contributed by atoms with van der Waals surface area (Å²) in [4.78, 5) is 30.6. The molecule has 0 unspecified atom stereocenters. The number of rotatable bonds is 2. The van der Waals surface area contributed by atoms with E-state index in [1.165, 1.54) is 0 Å². The van der Waals surface area contributed by atoms with E-state index in [0.29, 0.717) is 45.1 Å². The molecule has 0 aromatic carbocycles. The van der Waals surface area contributed by atoms with Crippen LogP contribution >= 0.6 is 0 Å². The van der Waals surface area contributed by atoms with Crippen LogP contribution in [0.15, 0.2) is 30.7 Å². The minimum Gasteiger partial charge on any atom is -0.378 e. The first-order valence-electron chi connectivity index (χ1n) is 9.71. The first-order valence-corrected chi connectivity index (χ1v) is 9.71. The Labute approximate surface area is 163 Å². The van der Waals surface area contributed by atoms with Crippen LogP contribution in [0, 0.1) is 0 Å². The monoisotopic (exact) mass is 381 g/mol. The van der Waals surface area contributed by atoms with Gasteiger partial charge in [-0.1, -0.05) is 0 Å². The van der Waals surface area contributed by atoms with Gasteiger partial charge in [-0.25, -0.2) is 9.97 Å². The summed E-state index contributed by atoms with van der Waals surface area (Å²) in [5.41, 5.74) is 2.42. The Morgan fingerprint density at radius 3 is 2.86 bits per heavy atom. The van der Waals surface area contributed by atoms with Crippen LogP contribution in [0.4, 0.5) is 5.95 Å². The molecule has 0 aliphatic carbocycles. The Kier molecular flexibility index (Phi) is 4.44. The summed E-state index contributed by atoms with van der Waals surface area (Å²) in [7, 11) is 0. The van der Waals surface area contributed by atoms with Crippen LogP contribution in [0.1, 0.15) is 28.0 Å². The molecule has 8 nitrogen and oxygen atoms in total. The van der Waals surface area contributed by atoms with Crippen molar-refractivity contribution in [1.82, 2.24) is 19.9 Å². The number of carbonyl (C=O) groups excluding carboxylic acids is 1. The number of nitrogens with zero attached hydrogens (tertiary/aromatic N) is 5. The van der Waals surface area contributed by atoms with Crippen molar-refractivity contribution in [2.75, 3.05) is 50.9 Å². The Balaban J connectivity index is 1.43. The second kappa shape index (κ2) is 7.10. The number of aromatic nitrogens is 3. The van der Waals surface area contributed by atoms with Crippen molar-refractivity contribution in [1.29, 1.82) is 0 Å². The second-order valence-corrected chi connectivity index (χ2v) is 7.63. The van der Waals surface area contributed by atoms with Gasteiger partial charge >= 0.3 is 0 Å². The van der Waals surface area contributed by atoms with Crippen molar-refractivity contribution in [3.8, 4) is 0 Å². The van der Waals surface area contributed by atoms with Crippen LogP contribution in [0.5, 0.6) is 0 Å². The molecule has 2 fully saturated rings. The van der Waals surface area contributed by atoms with Gasteiger partial charge in [0.25, 0.3) is 5.91 Å². The molecule has 5 heterocycles. The van der Waals surface area contributed by atoms with Gasteiger partial charge in [0.15, 0.2) is 0 Å². The van der Waals surface area contributed by atoms with Gasteiger partial charge in [0.2, 0.25) is 5.95 Å². The fraction of sp³-hybridized carbons (Fsp3) is 0.500. The number of hydrogen-bond acceptors (Lipinski definition) is 7. The van der Waals surface area contributed by atoms with Crippen LogP contribution in [0.25, 0.3) is 0 Å². The lowest BCUT2D eigenvalue weighted by molar-refractivity contribution is 0.0484. The Morgan fingerprint density at radius 2 is 2.04 bits per heavy atom. The van der Waals surface area contributed by atoms with E-state index in [1.54, 1.807) is 18.5 Å². The molecule has 8 heteroatoms. The van der Waals surface area contributed by atoms with E-state index in [4.69, 9.17) is 14.5 Å². The molecule has 0 bridgehead atoms. The highest BCUT2D eigenvalue weighted by Crippen LogP contribution is 2.39. The number of morpholine rings is 1. The molecule has 2 aromatic heterocycles. The van der Waals surface area contributed by atoms with Gasteiger partial charge in [-0.3, -0.25) is 9.78 Å². The third-order valence-corrected chi connectivity index (χ3v) is 5.83. The summed E-state index contributed by atoms with van der Waals surface area (Å²) in [6, 6.07) is 3.60. The molecule has 0 saturated carbocycles. The van der Waals surface area contributed by atoms with E-state index in [2.05, 4.69) is 14.9 Å². The largest absolute Gasteiger partial charge is 0.378 e. The quantitative estimate of drug-likeness (QED) is 0.768. The normalized spacial score (nSPS) is 24.4. The molecule has 0 radical (unpaired) electrons.